The van der Waals surface area contributed by atoms with Crippen molar-refractivity contribution in [3.8, 4) is 0 Å². The molecule has 0 aromatic rings. The first-order chi connectivity index (χ1) is 12.3. The number of fused-ring (bicyclic) bond motifs is 1. The van der Waals surface area contributed by atoms with Gasteiger partial charge in [-0.3, -0.25) is 0 Å². The van der Waals surface area contributed by atoms with Crippen molar-refractivity contribution < 1.29 is 29.3 Å². The first-order valence-electron chi connectivity index (χ1n) is 8.67. The highest BCUT2D eigenvalue weighted by atomic mass is 16.6. The number of esters is 2. The first-order valence-corrected chi connectivity index (χ1v) is 8.67. The zero-order valence-electron chi connectivity index (χ0n) is 15.4. The monoisotopic (exact) mass is 362 g/mol. The van der Waals surface area contributed by atoms with Crippen LogP contribution in [0.25, 0.3) is 0 Å². The number of aliphatic hydroxyl groups is 2. The molecule has 1 fully saturated rings. The van der Waals surface area contributed by atoms with Crippen LogP contribution >= 0.6 is 0 Å². The van der Waals surface area contributed by atoms with Gasteiger partial charge in [-0.05, 0) is 38.8 Å². The quantitative estimate of drug-likeness (QED) is 0.453. The number of aliphatic hydroxyl groups excluding tert-OH is 2. The van der Waals surface area contributed by atoms with Gasteiger partial charge >= 0.3 is 11.9 Å². The van der Waals surface area contributed by atoms with E-state index in [0.29, 0.717) is 18.4 Å². The topological polar surface area (TPSA) is 93.1 Å². The molecule has 0 spiro atoms. The first kappa shape index (κ1) is 20.1. The highest BCUT2D eigenvalue weighted by Crippen LogP contribution is 2.36. The lowest BCUT2D eigenvalue weighted by Gasteiger charge is -2.28. The summed E-state index contributed by atoms with van der Waals surface area (Å²) in [7, 11) is 0. The van der Waals surface area contributed by atoms with Crippen molar-refractivity contribution in [3.63, 3.8) is 0 Å². The summed E-state index contributed by atoms with van der Waals surface area (Å²) in [4.78, 5) is 24.4. The SMILES string of the molecule is C=C1C(=O)O[C@@H]2/C=C(/C)[C@H](O)C/C=C(/C)C[C@@H](OC(=O)/C(=C\C)CO)[C@@H]12. The Labute approximate surface area is 153 Å². The molecule has 2 N–H and O–H groups in total. The van der Waals surface area contributed by atoms with Crippen LogP contribution in [0.5, 0.6) is 0 Å². The fourth-order valence-electron chi connectivity index (χ4n) is 3.18. The van der Waals surface area contributed by atoms with Crippen molar-refractivity contribution >= 4 is 11.9 Å². The third kappa shape index (κ3) is 4.31. The summed E-state index contributed by atoms with van der Waals surface area (Å²) < 4.78 is 11.0. The lowest BCUT2D eigenvalue weighted by Crippen LogP contribution is -2.34. The van der Waals surface area contributed by atoms with Gasteiger partial charge in [-0.15, -0.1) is 0 Å². The normalized spacial score (nSPS) is 34.1. The van der Waals surface area contributed by atoms with E-state index in [1.54, 1.807) is 19.9 Å². The summed E-state index contributed by atoms with van der Waals surface area (Å²) in [5, 5.41) is 19.5. The minimum absolute atomic E-state index is 0.151. The van der Waals surface area contributed by atoms with Gasteiger partial charge in [0.1, 0.15) is 12.2 Å². The second-order valence-electron chi connectivity index (χ2n) is 6.75. The Morgan fingerprint density at radius 2 is 2.15 bits per heavy atom. The fraction of sp³-hybridized carbons (Fsp3) is 0.500. The Morgan fingerprint density at radius 3 is 2.77 bits per heavy atom. The molecule has 2 aliphatic rings. The molecule has 142 valence electrons. The number of hydrogen-bond acceptors (Lipinski definition) is 6. The van der Waals surface area contributed by atoms with Crippen molar-refractivity contribution in [2.45, 2.75) is 51.9 Å². The number of hydrogen-bond donors (Lipinski definition) is 2. The van der Waals surface area contributed by atoms with Crippen molar-refractivity contribution in [3.05, 3.63) is 47.1 Å². The van der Waals surface area contributed by atoms with E-state index in [1.807, 2.05) is 13.0 Å². The lowest BCUT2D eigenvalue weighted by molar-refractivity contribution is -0.147. The molecule has 6 heteroatoms. The van der Waals surface area contributed by atoms with Crippen molar-refractivity contribution in [2.75, 3.05) is 6.61 Å². The highest BCUT2D eigenvalue weighted by Gasteiger charge is 2.44. The molecule has 6 nitrogen and oxygen atoms in total. The molecule has 0 amide bonds. The molecule has 0 unspecified atom stereocenters. The second-order valence-corrected chi connectivity index (χ2v) is 6.75. The molecule has 0 radical (unpaired) electrons. The van der Waals surface area contributed by atoms with Gasteiger partial charge in [-0.2, -0.15) is 0 Å². The molecule has 0 aromatic carbocycles. The van der Waals surface area contributed by atoms with E-state index in [-0.39, 0.29) is 11.1 Å². The molecule has 1 aliphatic heterocycles. The molecule has 0 bridgehead atoms. The predicted octanol–water partition coefficient (Wildman–Crippen LogP) is 1.98. The van der Waals surface area contributed by atoms with Crippen LogP contribution in [-0.4, -0.2) is 47.1 Å². The number of allylic oxidation sites excluding steroid dienone is 1. The van der Waals surface area contributed by atoms with Crippen molar-refractivity contribution in [1.82, 2.24) is 0 Å². The van der Waals surface area contributed by atoms with Crippen LogP contribution in [0, 0.1) is 5.92 Å². The Bertz CT molecular complexity index is 684. The van der Waals surface area contributed by atoms with Gasteiger partial charge in [0.15, 0.2) is 0 Å². The maximum absolute atomic E-state index is 12.3. The van der Waals surface area contributed by atoms with Gasteiger partial charge in [0.2, 0.25) is 0 Å². The van der Waals surface area contributed by atoms with E-state index < -0.39 is 42.8 Å². The average Bonchev–Trinajstić information content (AvgIpc) is 2.86. The molecule has 26 heavy (non-hydrogen) atoms. The standard InChI is InChI=1S/C20H26O6/c1-5-14(10-21)20(24)26-16-8-11(2)6-7-15(22)12(3)9-17-18(16)13(4)19(23)25-17/h5-6,9,15-18,21-22H,4,7-8,10H2,1-3H3/b11-6-,12-9-,14-5-/t15-,16-,17-,18-/m1/s1. The molecular weight excluding hydrogens is 336 g/mol. The average molecular weight is 362 g/mol. The van der Waals surface area contributed by atoms with E-state index in [2.05, 4.69) is 6.58 Å². The Kier molecular flexibility index (Phi) is 6.56. The van der Waals surface area contributed by atoms with Crippen molar-refractivity contribution in [2.24, 2.45) is 5.92 Å². The van der Waals surface area contributed by atoms with Gasteiger partial charge in [0.25, 0.3) is 0 Å². The zero-order valence-corrected chi connectivity index (χ0v) is 15.4. The summed E-state index contributed by atoms with van der Waals surface area (Å²) >= 11 is 0. The largest absolute Gasteiger partial charge is 0.458 e. The van der Waals surface area contributed by atoms with Gasteiger partial charge < -0.3 is 19.7 Å². The summed E-state index contributed by atoms with van der Waals surface area (Å²) in [6, 6.07) is 0. The molecule has 2 rings (SSSR count). The third-order valence-corrected chi connectivity index (χ3v) is 4.87. The van der Waals surface area contributed by atoms with Crippen LogP contribution in [0.4, 0.5) is 0 Å². The maximum Gasteiger partial charge on any atom is 0.336 e. The van der Waals surface area contributed by atoms with Gasteiger partial charge in [0.05, 0.1) is 24.2 Å². The molecule has 0 saturated carbocycles. The van der Waals surface area contributed by atoms with E-state index >= 15 is 0 Å². The summed E-state index contributed by atoms with van der Waals surface area (Å²) in [6.45, 7) is 8.69. The van der Waals surface area contributed by atoms with E-state index in [9.17, 15) is 19.8 Å². The summed E-state index contributed by atoms with van der Waals surface area (Å²) in [6.07, 6.45) is 3.91. The third-order valence-electron chi connectivity index (χ3n) is 4.87. The minimum atomic E-state index is -0.665. The molecule has 1 aliphatic carbocycles. The van der Waals surface area contributed by atoms with E-state index in [4.69, 9.17) is 9.47 Å². The molecule has 1 heterocycles. The number of carbonyl (C=O) groups excluding carboxylic acids is 2. The van der Waals surface area contributed by atoms with Crippen LogP contribution in [0.15, 0.2) is 47.1 Å². The van der Waals surface area contributed by atoms with Crippen LogP contribution in [-0.2, 0) is 19.1 Å². The van der Waals surface area contributed by atoms with Crippen LogP contribution in [0.1, 0.15) is 33.6 Å². The summed E-state index contributed by atoms with van der Waals surface area (Å²) in [5.41, 5.74) is 2.00. The lowest BCUT2D eigenvalue weighted by atomic mass is 9.85. The van der Waals surface area contributed by atoms with Crippen molar-refractivity contribution in [1.29, 1.82) is 0 Å². The smallest absolute Gasteiger partial charge is 0.336 e. The summed E-state index contributed by atoms with van der Waals surface area (Å²) in [5.74, 6) is -1.71. The van der Waals surface area contributed by atoms with Crippen LogP contribution in [0.3, 0.4) is 0 Å². The fourth-order valence-corrected chi connectivity index (χ4v) is 3.18. The number of carbonyl (C=O) groups is 2. The predicted molar refractivity (Wildman–Crippen MR) is 96.0 cm³/mol. The zero-order chi connectivity index (χ0) is 19.4. The van der Waals surface area contributed by atoms with Gasteiger partial charge in [0, 0.05) is 12.0 Å². The Hall–Kier alpha value is -2.18. The van der Waals surface area contributed by atoms with Gasteiger partial charge in [-0.25, -0.2) is 9.59 Å². The van der Waals surface area contributed by atoms with Crippen LogP contribution in [0.2, 0.25) is 0 Å². The van der Waals surface area contributed by atoms with E-state index in [0.717, 1.165) is 5.57 Å². The highest BCUT2D eigenvalue weighted by molar-refractivity contribution is 5.92. The Morgan fingerprint density at radius 1 is 1.46 bits per heavy atom. The molecule has 1 saturated heterocycles. The molecule has 4 atom stereocenters. The van der Waals surface area contributed by atoms with Crippen LogP contribution < -0.4 is 0 Å². The van der Waals surface area contributed by atoms with Gasteiger partial charge in [-0.1, -0.05) is 24.3 Å². The Balaban J connectivity index is 2.41. The maximum atomic E-state index is 12.3. The minimum Gasteiger partial charge on any atom is -0.458 e. The second kappa shape index (κ2) is 8.47. The van der Waals surface area contributed by atoms with E-state index in [1.165, 1.54) is 6.08 Å². The number of ether oxygens (including phenoxy) is 2. The molecule has 0 aromatic heterocycles. The number of rotatable bonds is 3. The molecular formula is C20H26O6.